The number of nitrogens with one attached hydrogen (secondary N) is 2. The second kappa shape index (κ2) is 7.08. The maximum absolute atomic E-state index is 13.2. The highest BCUT2D eigenvalue weighted by Gasteiger charge is 2.46. The number of benzene rings is 2. The van der Waals surface area contributed by atoms with Gasteiger partial charge in [-0.1, -0.05) is 12.1 Å². The summed E-state index contributed by atoms with van der Waals surface area (Å²) in [6, 6.07) is 8.47. The van der Waals surface area contributed by atoms with Gasteiger partial charge in [0, 0.05) is 29.4 Å². The molecule has 3 aliphatic rings. The fourth-order valence-corrected chi connectivity index (χ4v) is 4.39. The summed E-state index contributed by atoms with van der Waals surface area (Å²) in [6.45, 7) is 4.12. The Morgan fingerprint density at radius 1 is 1.15 bits per heavy atom. The molecule has 2 amide bonds. The van der Waals surface area contributed by atoms with Crippen molar-refractivity contribution in [2.75, 3.05) is 23.8 Å². The van der Waals surface area contributed by atoms with Gasteiger partial charge in [0.1, 0.15) is 5.75 Å². The van der Waals surface area contributed by atoms with Crippen molar-refractivity contribution in [1.29, 1.82) is 0 Å². The van der Waals surface area contributed by atoms with Crippen LogP contribution in [-0.2, 0) is 25.9 Å². The summed E-state index contributed by atoms with van der Waals surface area (Å²) in [5.41, 5.74) is 0.750. The molecule has 2 aromatic rings. The Balaban J connectivity index is 1.43. The first-order valence-electron chi connectivity index (χ1n) is 10.4. The van der Waals surface area contributed by atoms with Gasteiger partial charge in [0.05, 0.1) is 24.2 Å². The molecule has 33 heavy (non-hydrogen) atoms. The van der Waals surface area contributed by atoms with Crippen LogP contribution < -0.4 is 15.4 Å². The SMILES string of the molecule is CC1(C)C(=O)Nc2cc(NC(=O)/C=C3\CC4(COC4)Oc4cc(C(F)(F)F)ccc43)ccc21. The molecule has 0 bridgehead atoms. The number of carbonyl (C=O) groups excluding carboxylic acids is 2. The second-order valence-corrected chi connectivity index (χ2v) is 9.16. The van der Waals surface area contributed by atoms with Gasteiger partial charge in [-0.25, -0.2) is 0 Å². The lowest BCUT2D eigenvalue weighted by atomic mass is 9.85. The van der Waals surface area contributed by atoms with E-state index in [4.69, 9.17) is 9.47 Å². The van der Waals surface area contributed by atoms with E-state index in [0.29, 0.717) is 28.9 Å². The zero-order valence-corrected chi connectivity index (χ0v) is 17.9. The molecule has 0 saturated carbocycles. The standard InChI is InChI=1S/C24H21F3N2O4/c1-22(2)17-6-4-15(9-18(17)29-21(22)31)28-20(30)7-13-10-23(11-32-12-23)33-19-8-14(24(25,26)27)3-5-16(13)19/h3-9H,10-12H2,1-2H3,(H,28,30)(H,29,31)/b13-7+. The van der Waals surface area contributed by atoms with Crippen molar-refractivity contribution in [3.63, 3.8) is 0 Å². The quantitative estimate of drug-likeness (QED) is 0.650. The third-order valence-corrected chi connectivity index (χ3v) is 6.31. The molecule has 2 N–H and O–H groups in total. The molecular formula is C24H21F3N2O4. The van der Waals surface area contributed by atoms with Crippen LogP contribution in [-0.4, -0.2) is 30.6 Å². The van der Waals surface area contributed by atoms with Crippen molar-refractivity contribution < 1.29 is 32.2 Å². The van der Waals surface area contributed by atoms with Gasteiger partial charge in [-0.05, 0) is 49.2 Å². The van der Waals surface area contributed by atoms with E-state index in [-0.39, 0.29) is 24.9 Å². The summed E-state index contributed by atoms with van der Waals surface area (Å²) < 4.78 is 50.6. The lowest BCUT2D eigenvalue weighted by molar-refractivity contribution is -0.161. The van der Waals surface area contributed by atoms with E-state index in [1.165, 1.54) is 12.1 Å². The minimum atomic E-state index is -4.50. The summed E-state index contributed by atoms with van der Waals surface area (Å²) in [4.78, 5) is 24.9. The van der Waals surface area contributed by atoms with Gasteiger partial charge in [0.2, 0.25) is 11.8 Å². The summed E-state index contributed by atoms with van der Waals surface area (Å²) in [5, 5.41) is 5.58. The van der Waals surface area contributed by atoms with Gasteiger partial charge in [0.15, 0.2) is 5.60 Å². The van der Waals surface area contributed by atoms with Crippen molar-refractivity contribution >= 4 is 28.8 Å². The first-order chi connectivity index (χ1) is 15.5. The van der Waals surface area contributed by atoms with Gasteiger partial charge in [-0.15, -0.1) is 0 Å². The molecule has 6 nitrogen and oxygen atoms in total. The fourth-order valence-electron chi connectivity index (χ4n) is 4.39. The average Bonchev–Trinajstić information content (AvgIpc) is 2.93. The Kier molecular flexibility index (Phi) is 4.62. The molecule has 1 saturated heterocycles. The zero-order chi connectivity index (χ0) is 23.6. The number of alkyl halides is 3. The fraction of sp³-hybridized carbons (Fsp3) is 0.333. The van der Waals surface area contributed by atoms with Gasteiger partial charge >= 0.3 is 6.18 Å². The van der Waals surface area contributed by atoms with Crippen LogP contribution in [0.5, 0.6) is 5.75 Å². The lowest BCUT2D eigenvalue weighted by Crippen LogP contribution is -2.55. The highest BCUT2D eigenvalue weighted by atomic mass is 19.4. The third-order valence-electron chi connectivity index (χ3n) is 6.31. The first-order valence-corrected chi connectivity index (χ1v) is 10.4. The van der Waals surface area contributed by atoms with Crippen LogP contribution in [0.25, 0.3) is 5.57 Å². The van der Waals surface area contributed by atoms with Crippen LogP contribution in [0.4, 0.5) is 24.5 Å². The van der Waals surface area contributed by atoms with Crippen LogP contribution in [0.1, 0.15) is 37.0 Å². The Bertz CT molecular complexity index is 1210. The van der Waals surface area contributed by atoms with E-state index in [0.717, 1.165) is 17.7 Å². The molecule has 9 heteroatoms. The number of fused-ring (bicyclic) bond motifs is 2. The maximum atomic E-state index is 13.2. The molecule has 3 aliphatic heterocycles. The largest absolute Gasteiger partial charge is 0.481 e. The van der Waals surface area contributed by atoms with Gasteiger partial charge in [0.25, 0.3) is 0 Å². The Morgan fingerprint density at radius 2 is 1.91 bits per heavy atom. The van der Waals surface area contributed by atoms with Gasteiger partial charge < -0.3 is 20.1 Å². The van der Waals surface area contributed by atoms with E-state index >= 15 is 0 Å². The molecule has 0 radical (unpaired) electrons. The summed E-state index contributed by atoms with van der Waals surface area (Å²) >= 11 is 0. The van der Waals surface area contributed by atoms with Gasteiger partial charge in [-0.3, -0.25) is 9.59 Å². The molecule has 5 rings (SSSR count). The van der Waals surface area contributed by atoms with Crippen LogP contribution in [0.3, 0.4) is 0 Å². The number of amides is 2. The molecule has 0 aliphatic carbocycles. The van der Waals surface area contributed by atoms with Crippen molar-refractivity contribution in [3.05, 3.63) is 59.2 Å². The normalized spacial score (nSPS) is 21.0. The molecule has 3 heterocycles. The summed E-state index contributed by atoms with van der Waals surface area (Å²) in [6.07, 6.45) is -2.78. The molecule has 1 fully saturated rings. The van der Waals surface area contributed by atoms with Crippen molar-refractivity contribution in [2.45, 2.75) is 37.5 Å². The number of hydrogen-bond acceptors (Lipinski definition) is 4. The Morgan fingerprint density at radius 3 is 2.58 bits per heavy atom. The highest BCUT2D eigenvalue weighted by molar-refractivity contribution is 6.08. The van der Waals surface area contributed by atoms with E-state index in [1.54, 1.807) is 18.2 Å². The smallest absolute Gasteiger partial charge is 0.416 e. The number of anilines is 2. The van der Waals surface area contributed by atoms with E-state index in [1.807, 2.05) is 13.8 Å². The average molecular weight is 458 g/mol. The molecule has 0 unspecified atom stereocenters. The molecular weight excluding hydrogens is 437 g/mol. The summed E-state index contributed by atoms with van der Waals surface area (Å²) in [5.74, 6) is -0.467. The molecule has 1 spiro atoms. The minimum Gasteiger partial charge on any atom is -0.481 e. The van der Waals surface area contributed by atoms with E-state index in [2.05, 4.69) is 10.6 Å². The maximum Gasteiger partial charge on any atom is 0.416 e. The predicted molar refractivity (Wildman–Crippen MR) is 115 cm³/mol. The number of halogens is 3. The summed E-state index contributed by atoms with van der Waals surface area (Å²) in [7, 11) is 0. The van der Waals surface area contributed by atoms with Crippen molar-refractivity contribution in [2.24, 2.45) is 0 Å². The van der Waals surface area contributed by atoms with Gasteiger partial charge in [-0.2, -0.15) is 13.2 Å². The molecule has 2 aromatic carbocycles. The molecule has 172 valence electrons. The minimum absolute atomic E-state index is 0.0842. The number of rotatable bonds is 2. The number of carbonyl (C=O) groups is 2. The zero-order valence-electron chi connectivity index (χ0n) is 17.9. The monoisotopic (exact) mass is 458 g/mol. The van der Waals surface area contributed by atoms with Crippen molar-refractivity contribution in [3.8, 4) is 5.75 Å². The topological polar surface area (TPSA) is 76.7 Å². The third kappa shape index (κ3) is 3.66. The predicted octanol–water partition coefficient (Wildman–Crippen LogP) is 4.51. The van der Waals surface area contributed by atoms with Crippen LogP contribution >= 0.6 is 0 Å². The molecule has 0 aromatic heterocycles. The van der Waals surface area contributed by atoms with Crippen LogP contribution in [0, 0.1) is 0 Å². The van der Waals surface area contributed by atoms with Crippen molar-refractivity contribution in [1.82, 2.24) is 0 Å². The Labute approximate surface area is 187 Å². The second-order valence-electron chi connectivity index (χ2n) is 9.16. The molecule has 0 atom stereocenters. The number of hydrogen-bond donors (Lipinski definition) is 2. The van der Waals surface area contributed by atoms with Crippen LogP contribution in [0.15, 0.2) is 42.5 Å². The number of ether oxygens (including phenoxy) is 2. The van der Waals surface area contributed by atoms with E-state index < -0.39 is 28.7 Å². The lowest BCUT2D eigenvalue weighted by Gasteiger charge is -2.45. The van der Waals surface area contributed by atoms with Crippen LogP contribution in [0.2, 0.25) is 0 Å². The first kappa shape index (κ1) is 21.5. The van der Waals surface area contributed by atoms with E-state index in [9.17, 15) is 22.8 Å². The Hall–Kier alpha value is -3.33. The highest BCUT2D eigenvalue weighted by Crippen LogP contribution is 2.45.